The molecule has 2 heterocycles. The van der Waals surface area contributed by atoms with Crippen LogP contribution in [0.4, 0.5) is 17.3 Å². The van der Waals surface area contributed by atoms with Crippen molar-refractivity contribution in [2.75, 3.05) is 14.2 Å². The van der Waals surface area contributed by atoms with Crippen molar-refractivity contribution >= 4 is 40.2 Å². The van der Waals surface area contributed by atoms with E-state index in [-0.39, 0.29) is 0 Å². The van der Waals surface area contributed by atoms with Crippen LogP contribution >= 0.6 is 22.9 Å². The van der Waals surface area contributed by atoms with E-state index < -0.39 is 0 Å². The van der Waals surface area contributed by atoms with Crippen LogP contribution in [0.3, 0.4) is 0 Å². The number of nitrogens with one attached hydrogen (secondary N) is 4. The minimum Gasteiger partial charge on any atom is -0.366 e. The van der Waals surface area contributed by atoms with Gasteiger partial charge in [0.15, 0.2) is 5.82 Å². The highest BCUT2D eigenvalue weighted by Gasteiger charge is 2.12. The number of rotatable bonds is 6. The highest BCUT2D eigenvalue weighted by atomic mass is 127. The molecule has 4 N–H and O–H groups in total. The Morgan fingerprint density at radius 3 is 2.89 bits per heavy atom. The molecule has 0 fully saturated rings. The third-order valence-electron chi connectivity index (χ3n) is 2.48. The monoisotopic (exact) mass is 372 g/mol. The second-order valence-electron chi connectivity index (χ2n) is 4.43. The zero-order chi connectivity index (χ0) is 13.7. The molecule has 6 nitrogen and oxygen atoms in total. The molecule has 0 saturated carbocycles. The van der Waals surface area contributed by atoms with E-state index in [0.29, 0.717) is 12.6 Å². The molecule has 2 aromatic rings. The predicted octanol–water partition coefficient (Wildman–Crippen LogP) is 3.00. The van der Waals surface area contributed by atoms with E-state index in [0.717, 1.165) is 22.9 Å². The fourth-order valence-electron chi connectivity index (χ4n) is 1.64. The predicted molar refractivity (Wildman–Crippen MR) is 86.6 cm³/mol. The number of anilines is 3. The number of hydrogen-bond acceptors (Lipinski definition) is 5. The number of halogens is 1. The van der Waals surface area contributed by atoms with E-state index in [9.17, 15) is 0 Å². The van der Waals surface area contributed by atoms with E-state index in [1.165, 1.54) is 0 Å². The Balaban J connectivity index is 2.06. The van der Waals surface area contributed by atoms with Crippen molar-refractivity contribution in [3.63, 3.8) is 0 Å². The van der Waals surface area contributed by atoms with Gasteiger partial charge in [0.25, 0.3) is 0 Å². The van der Waals surface area contributed by atoms with Gasteiger partial charge in [0.05, 0.1) is 22.9 Å². The number of H-pyrrole nitrogens is 1. The van der Waals surface area contributed by atoms with Gasteiger partial charge in [-0.3, -0.25) is 10.1 Å². The molecule has 0 unspecified atom stereocenters. The van der Waals surface area contributed by atoms with Crippen LogP contribution in [0.5, 0.6) is 0 Å². The van der Waals surface area contributed by atoms with Crippen LogP contribution in [0.15, 0.2) is 24.5 Å². The van der Waals surface area contributed by atoms with E-state index >= 15 is 0 Å². The first-order chi connectivity index (χ1) is 9.20. The van der Waals surface area contributed by atoms with Crippen molar-refractivity contribution in [1.29, 1.82) is 0 Å². The third-order valence-corrected chi connectivity index (χ3v) is 3.02. The molecule has 2 rings (SSSR count). The molecule has 0 atom stereocenters. The maximum absolute atomic E-state index is 4.27. The number of aromatic nitrogens is 3. The van der Waals surface area contributed by atoms with Gasteiger partial charge in [-0.05, 0) is 25.5 Å². The van der Waals surface area contributed by atoms with Gasteiger partial charge in [0, 0.05) is 25.0 Å². The quantitative estimate of drug-likeness (QED) is 0.463. The number of hydrogen-bond donors (Lipinski definition) is 4. The lowest BCUT2D eigenvalue weighted by Gasteiger charge is -2.10. The fraction of sp³-hybridized carbons (Fsp3) is 0.333. The standard InChI is InChI=1S/C12H17IN6/c1-8(2)16-12-10(17-13)11(18-19-12)15-7-9-4-3-5-14-6-9/h3-6,8,17H,7H2,1-2H3,(H3,15,16,18,19). The molecule has 0 amide bonds. The van der Waals surface area contributed by atoms with E-state index in [4.69, 9.17) is 0 Å². The second kappa shape index (κ2) is 6.60. The summed E-state index contributed by atoms with van der Waals surface area (Å²) < 4.78 is 3.12. The maximum atomic E-state index is 4.27. The molecule has 0 radical (unpaired) electrons. The van der Waals surface area contributed by atoms with Gasteiger partial charge in [0.1, 0.15) is 11.5 Å². The Morgan fingerprint density at radius 1 is 1.42 bits per heavy atom. The van der Waals surface area contributed by atoms with Crippen molar-refractivity contribution in [2.24, 2.45) is 0 Å². The van der Waals surface area contributed by atoms with Crippen LogP contribution in [-0.4, -0.2) is 21.2 Å². The number of aromatic amines is 1. The summed E-state index contributed by atoms with van der Waals surface area (Å²) in [6.07, 6.45) is 3.60. The Bertz CT molecular complexity index is 510. The van der Waals surface area contributed by atoms with E-state index in [1.54, 1.807) is 6.20 Å². The number of pyridine rings is 1. The zero-order valence-electron chi connectivity index (χ0n) is 10.9. The van der Waals surface area contributed by atoms with E-state index in [1.807, 2.05) is 18.3 Å². The molecule has 0 spiro atoms. The first-order valence-electron chi connectivity index (χ1n) is 6.05. The van der Waals surface area contributed by atoms with Gasteiger partial charge in [-0.1, -0.05) is 6.07 Å². The normalized spacial score (nSPS) is 10.5. The lowest BCUT2D eigenvalue weighted by atomic mass is 10.3. The topological polar surface area (TPSA) is 77.7 Å². The summed E-state index contributed by atoms with van der Waals surface area (Å²) in [5, 5.41) is 13.8. The Morgan fingerprint density at radius 2 is 2.26 bits per heavy atom. The molecule has 0 aromatic carbocycles. The molecule has 0 aliphatic heterocycles. The molecular formula is C12H17IN6. The minimum absolute atomic E-state index is 0.343. The Hall–Kier alpha value is -1.51. The van der Waals surface area contributed by atoms with Crippen LogP contribution in [0.1, 0.15) is 19.4 Å². The zero-order valence-corrected chi connectivity index (χ0v) is 13.0. The van der Waals surface area contributed by atoms with E-state index in [2.05, 4.69) is 66.1 Å². The van der Waals surface area contributed by atoms with Gasteiger partial charge in [-0.2, -0.15) is 5.10 Å². The summed E-state index contributed by atoms with van der Waals surface area (Å²) >= 11 is 2.10. The van der Waals surface area contributed by atoms with Crippen molar-refractivity contribution in [1.82, 2.24) is 15.2 Å². The largest absolute Gasteiger partial charge is 0.366 e. The lowest BCUT2D eigenvalue weighted by molar-refractivity contribution is 0.884. The van der Waals surface area contributed by atoms with Crippen molar-refractivity contribution in [3.05, 3.63) is 30.1 Å². The summed E-state index contributed by atoms with van der Waals surface area (Å²) in [5.41, 5.74) is 2.04. The maximum Gasteiger partial charge on any atom is 0.174 e. The average Bonchev–Trinajstić information content (AvgIpc) is 2.78. The SMILES string of the molecule is CC(C)Nc1[nH]nc(NCc2cccnc2)c1NI. The molecule has 19 heavy (non-hydrogen) atoms. The van der Waals surface area contributed by atoms with Crippen LogP contribution in [0.2, 0.25) is 0 Å². The van der Waals surface area contributed by atoms with Gasteiger partial charge < -0.3 is 14.2 Å². The van der Waals surface area contributed by atoms with Gasteiger partial charge in [-0.25, -0.2) is 0 Å². The van der Waals surface area contributed by atoms with Crippen molar-refractivity contribution < 1.29 is 0 Å². The Kier molecular flexibility index (Phi) is 4.83. The molecule has 0 saturated heterocycles. The van der Waals surface area contributed by atoms with Crippen molar-refractivity contribution in [3.8, 4) is 0 Å². The molecule has 102 valence electrons. The molecular weight excluding hydrogens is 355 g/mol. The lowest BCUT2D eigenvalue weighted by Crippen LogP contribution is -2.10. The molecule has 0 aliphatic carbocycles. The third kappa shape index (κ3) is 3.72. The highest BCUT2D eigenvalue weighted by molar-refractivity contribution is 14.1. The second-order valence-corrected chi connectivity index (χ2v) is 4.97. The molecule has 7 heteroatoms. The van der Waals surface area contributed by atoms with Gasteiger partial charge in [0.2, 0.25) is 0 Å². The van der Waals surface area contributed by atoms with Crippen LogP contribution in [0, 0.1) is 0 Å². The van der Waals surface area contributed by atoms with Crippen molar-refractivity contribution in [2.45, 2.75) is 26.4 Å². The summed E-state index contributed by atoms with van der Waals surface area (Å²) in [7, 11) is 0. The van der Waals surface area contributed by atoms with Gasteiger partial charge in [-0.15, -0.1) is 0 Å². The smallest absolute Gasteiger partial charge is 0.174 e. The van der Waals surface area contributed by atoms with Crippen LogP contribution < -0.4 is 14.2 Å². The first-order valence-corrected chi connectivity index (χ1v) is 7.13. The summed E-state index contributed by atoms with van der Waals surface area (Å²) in [6.45, 7) is 4.85. The van der Waals surface area contributed by atoms with Gasteiger partial charge >= 0.3 is 0 Å². The average molecular weight is 372 g/mol. The summed E-state index contributed by atoms with van der Waals surface area (Å²) in [5.74, 6) is 1.68. The number of nitrogens with zero attached hydrogens (tertiary/aromatic N) is 2. The molecule has 0 bridgehead atoms. The Labute approximate surface area is 126 Å². The molecule has 2 aromatic heterocycles. The van der Waals surface area contributed by atoms with Crippen LogP contribution in [-0.2, 0) is 6.54 Å². The first kappa shape index (κ1) is 13.9. The van der Waals surface area contributed by atoms with Crippen LogP contribution in [0.25, 0.3) is 0 Å². The minimum atomic E-state index is 0.343. The summed E-state index contributed by atoms with van der Waals surface area (Å²) in [6, 6.07) is 4.29. The fourth-order valence-corrected chi connectivity index (χ4v) is 2.17. The molecule has 0 aliphatic rings. The highest BCUT2D eigenvalue weighted by Crippen LogP contribution is 2.29. The summed E-state index contributed by atoms with van der Waals surface area (Å²) in [4.78, 5) is 4.09.